The van der Waals surface area contributed by atoms with Crippen molar-refractivity contribution in [1.82, 2.24) is 0 Å². The summed E-state index contributed by atoms with van der Waals surface area (Å²) in [6, 6.07) is 10.5. The molecule has 0 aromatic heterocycles. The van der Waals surface area contributed by atoms with Crippen LogP contribution in [0.5, 0.6) is 0 Å². The molecule has 0 saturated carbocycles. The molecule has 78 valence electrons. The van der Waals surface area contributed by atoms with Crippen LogP contribution < -0.4 is 0 Å². The fourth-order valence-corrected chi connectivity index (χ4v) is 1.20. The minimum atomic E-state index is 0.360. The second kappa shape index (κ2) is 5.82. The van der Waals surface area contributed by atoms with Gasteiger partial charge in [-0.05, 0) is 24.8 Å². The van der Waals surface area contributed by atoms with Crippen molar-refractivity contribution < 1.29 is 4.74 Å². The summed E-state index contributed by atoms with van der Waals surface area (Å²) >= 11 is 0. The van der Waals surface area contributed by atoms with Crippen LogP contribution in [0.2, 0.25) is 0 Å². The molecule has 0 amide bonds. The van der Waals surface area contributed by atoms with Crippen molar-refractivity contribution in [3.8, 4) is 0 Å². The third-order valence-electron chi connectivity index (χ3n) is 2.55. The summed E-state index contributed by atoms with van der Waals surface area (Å²) in [7, 11) is 0. The topological polar surface area (TPSA) is 9.23 Å². The number of benzene rings is 1. The summed E-state index contributed by atoms with van der Waals surface area (Å²) in [6.45, 7) is 7.33. The Morgan fingerprint density at radius 2 is 1.71 bits per heavy atom. The Hall–Kier alpha value is -0.820. The van der Waals surface area contributed by atoms with Crippen LogP contribution in [0.15, 0.2) is 30.3 Å². The van der Waals surface area contributed by atoms with Crippen LogP contribution in [0.3, 0.4) is 0 Å². The number of hydrogen-bond donors (Lipinski definition) is 0. The molecule has 1 unspecified atom stereocenters. The summed E-state index contributed by atoms with van der Waals surface area (Å²) in [5, 5.41) is 0. The van der Waals surface area contributed by atoms with E-state index in [1.54, 1.807) is 0 Å². The van der Waals surface area contributed by atoms with Crippen molar-refractivity contribution in [2.45, 2.75) is 33.3 Å². The summed E-state index contributed by atoms with van der Waals surface area (Å²) in [5.74, 6) is 0.603. The molecule has 1 aromatic carbocycles. The first-order valence-electron chi connectivity index (χ1n) is 5.35. The first-order valence-corrected chi connectivity index (χ1v) is 5.35. The third-order valence-corrected chi connectivity index (χ3v) is 2.55. The van der Waals surface area contributed by atoms with Crippen molar-refractivity contribution in [1.29, 1.82) is 0 Å². The van der Waals surface area contributed by atoms with Crippen molar-refractivity contribution in [2.24, 2.45) is 5.92 Å². The first kappa shape index (κ1) is 11.3. The molecule has 1 aromatic rings. The SMILES string of the molecule is CC(C)C(C)OCCc1ccccc1. The highest BCUT2D eigenvalue weighted by Crippen LogP contribution is 2.06. The Balaban J connectivity index is 2.22. The van der Waals surface area contributed by atoms with Crippen LogP contribution in [0, 0.1) is 5.92 Å². The van der Waals surface area contributed by atoms with E-state index in [1.807, 2.05) is 6.07 Å². The number of ether oxygens (including phenoxy) is 1. The van der Waals surface area contributed by atoms with Crippen LogP contribution in [0.25, 0.3) is 0 Å². The van der Waals surface area contributed by atoms with Gasteiger partial charge >= 0.3 is 0 Å². The minimum absolute atomic E-state index is 0.360. The van der Waals surface area contributed by atoms with E-state index < -0.39 is 0 Å². The molecule has 0 aliphatic heterocycles. The summed E-state index contributed by atoms with van der Waals surface area (Å²) in [6.07, 6.45) is 1.37. The second-order valence-corrected chi connectivity index (χ2v) is 4.06. The summed E-state index contributed by atoms with van der Waals surface area (Å²) < 4.78 is 5.71. The van der Waals surface area contributed by atoms with Gasteiger partial charge < -0.3 is 4.74 Å². The molecule has 1 heteroatoms. The van der Waals surface area contributed by atoms with Gasteiger partial charge in [-0.25, -0.2) is 0 Å². The molecule has 0 aliphatic carbocycles. The predicted octanol–water partition coefficient (Wildman–Crippen LogP) is 3.29. The fraction of sp³-hybridized carbons (Fsp3) is 0.538. The molecule has 0 N–H and O–H groups in total. The normalized spacial score (nSPS) is 13.1. The fourth-order valence-electron chi connectivity index (χ4n) is 1.20. The lowest BCUT2D eigenvalue weighted by molar-refractivity contribution is 0.0375. The molecule has 0 bridgehead atoms. The quantitative estimate of drug-likeness (QED) is 0.695. The van der Waals surface area contributed by atoms with Gasteiger partial charge in [0.2, 0.25) is 0 Å². The maximum absolute atomic E-state index is 5.71. The van der Waals surface area contributed by atoms with Crippen molar-refractivity contribution in [2.75, 3.05) is 6.61 Å². The molecule has 1 rings (SSSR count). The van der Waals surface area contributed by atoms with Crippen LogP contribution in [0.4, 0.5) is 0 Å². The maximum Gasteiger partial charge on any atom is 0.0570 e. The van der Waals surface area contributed by atoms with Crippen LogP contribution in [0.1, 0.15) is 26.3 Å². The highest BCUT2D eigenvalue weighted by molar-refractivity contribution is 5.14. The molecule has 0 heterocycles. The van der Waals surface area contributed by atoms with Crippen molar-refractivity contribution in [3.63, 3.8) is 0 Å². The van der Waals surface area contributed by atoms with Gasteiger partial charge in [0.1, 0.15) is 0 Å². The van der Waals surface area contributed by atoms with E-state index in [0.29, 0.717) is 12.0 Å². The smallest absolute Gasteiger partial charge is 0.0570 e. The largest absolute Gasteiger partial charge is 0.378 e. The molecule has 1 nitrogen and oxygen atoms in total. The lowest BCUT2D eigenvalue weighted by Crippen LogP contribution is -2.16. The minimum Gasteiger partial charge on any atom is -0.378 e. The average Bonchev–Trinajstić information content (AvgIpc) is 2.19. The lowest BCUT2D eigenvalue weighted by Gasteiger charge is -2.16. The standard InChI is InChI=1S/C13H20O/c1-11(2)12(3)14-10-9-13-7-5-4-6-8-13/h4-8,11-12H,9-10H2,1-3H3. The highest BCUT2D eigenvalue weighted by Gasteiger charge is 2.06. The maximum atomic E-state index is 5.71. The van der Waals surface area contributed by atoms with E-state index >= 15 is 0 Å². The Kier molecular flexibility index (Phi) is 4.68. The average molecular weight is 192 g/mol. The zero-order valence-electron chi connectivity index (χ0n) is 9.36. The molecule has 0 aliphatic rings. The molecular weight excluding hydrogens is 172 g/mol. The Morgan fingerprint density at radius 1 is 1.07 bits per heavy atom. The lowest BCUT2D eigenvalue weighted by atomic mass is 10.1. The molecule has 0 fully saturated rings. The Labute approximate surface area is 87.1 Å². The van der Waals surface area contributed by atoms with E-state index in [0.717, 1.165) is 13.0 Å². The number of hydrogen-bond acceptors (Lipinski definition) is 1. The highest BCUT2D eigenvalue weighted by atomic mass is 16.5. The van der Waals surface area contributed by atoms with Gasteiger partial charge in [-0.1, -0.05) is 44.2 Å². The Morgan fingerprint density at radius 3 is 2.29 bits per heavy atom. The van der Waals surface area contributed by atoms with Crippen LogP contribution in [-0.2, 0) is 11.2 Å². The Bertz CT molecular complexity index is 241. The zero-order valence-corrected chi connectivity index (χ0v) is 9.36. The third kappa shape index (κ3) is 3.93. The summed E-state index contributed by atoms with van der Waals surface area (Å²) in [5.41, 5.74) is 1.35. The van der Waals surface area contributed by atoms with E-state index in [2.05, 4.69) is 45.0 Å². The van der Waals surface area contributed by atoms with E-state index in [9.17, 15) is 0 Å². The van der Waals surface area contributed by atoms with Gasteiger partial charge in [0, 0.05) is 0 Å². The van der Waals surface area contributed by atoms with Gasteiger partial charge in [0.05, 0.1) is 12.7 Å². The van der Waals surface area contributed by atoms with E-state index in [1.165, 1.54) is 5.56 Å². The second-order valence-electron chi connectivity index (χ2n) is 4.06. The van der Waals surface area contributed by atoms with Gasteiger partial charge in [-0.15, -0.1) is 0 Å². The van der Waals surface area contributed by atoms with Gasteiger partial charge in [0.25, 0.3) is 0 Å². The molecular formula is C13H20O. The van der Waals surface area contributed by atoms with Crippen molar-refractivity contribution in [3.05, 3.63) is 35.9 Å². The predicted molar refractivity (Wildman–Crippen MR) is 60.4 cm³/mol. The molecule has 0 spiro atoms. The van der Waals surface area contributed by atoms with Gasteiger partial charge in [-0.2, -0.15) is 0 Å². The zero-order chi connectivity index (χ0) is 10.4. The molecule has 14 heavy (non-hydrogen) atoms. The van der Waals surface area contributed by atoms with Crippen molar-refractivity contribution >= 4 is 0 Å². The van der Waals surface area contributed by atoms with E-state index in [-0.39, 0.29) is 0 Å². The molecule has 0 radical (unpaired) electrons. The van der Waals surface area contributed by atoms with Crippen LogP contribution >= 0.6 is 0 Å². The van der Waals surface area contributed by atoms with E-state index in [4.69, 9.17) is 4.74 Å². The van der Waals surface area contributed by atoms with Gasteiger partial charge in [-0.3, -0.25) is 0 Å². The first-order chi connectivity index (χ1) is 6.70. The monoisotopic (exact) mass is 192 g/mol. The molecule has 0 saturated heterocycles. The number of rotatable bonds is 5. The van der Waals surface area contributed by atoms with Gasteiger partial charge in [0.15, 0.2) is 0 Å². The summed E-state index contributed by atoms with van der Waals surface area (Å²) in [4.78, 5) is 0. The molecule has 1 atom stereocenters. The van der Waals surface area contributed by atoms with Crippen LogP contribution in [-0.4, -0.2) is 12.7 Å².